The first-order valence-corrected chi connectivity index (χ1v) is 11.3. The molecule has 0 bridgehead atoms. The number of carboxylic acids is 1. The molecule has 0 fully saturated rings. The number of ether oxygens (including phenoxy) is 1. The summed E-state index contributed by atoms with van der Waals surface area (Å²) in [5, 5.41) is 9.31. The van der Waals surface area contributed by atoms with Crippen molar-refractivity contribution >= 4 is 14.0 Å². The molecule has 0 radical (unpaired) electrons. The Labute approximate surface area is 141 Å². The van der Waals surface area contributed by atoms with E-state index in [0.717, 1.165) is 10.9 Å². The third-order valence-electron chi connectivity index (χ3n) is 3.73. The fraction of sp³-hybridized carbons (Fsp3) is 0.562. The molecule has 0 aromatic heterocycles. The van der Waals surface area contributed by atoms with Gasteiger partial charge in [-0.3, -0.25) is 0 Å². The van der Waals surface area contributed by atoms with Gasteiger partial charge >= 0.3 is 12.1 Å². The minimum absolute atomic E-state index is 0.225. The van der Waals surface area contributed by atoms with Crippen molar-refractivity contribution in [2.75, 3.05) is 13.3 Å². The van der Waals surface area contributed by atoms with E-state index in [9.17, 15) is 23.1 Å². The van der Waals surface area contributed by atoms with E-state index >= 15 is 0 Å². The number of alkyl halides is 3. The topological polar surface area (TPSA) is 49.8 Å². The molecule has 1 unspecified atom stereocenters. The van der Waals surface area contributed by atoms with Gasteiger partial charge in [0.05, 0.1) is 5.57 Å². The van der Waals surface area contributed by atoms with Gasteiger partial charge in [-0.15, -0.1) is 0 Å². The minimum atomic E-state index is -4.72. The lowest BCUT2D eigenvalue weighted by molar-refractivity contribution is -0.136. The maximum atomic E-state index is 13.3. The van der Waals surface area contributed by atoms with E-state index < -0.39 is 37.4 Å². The lowest BCUT2D eigenvalue weighted by atomic mass is 9.99. The van der Waals surface area contributed by atoms with E-state index in [4.69, 9.17) is 4.74 Å². The molecular formula is C16H24F3NO3Si. The molecule has 4 nitrogen and oxygen atoms in total. The molecule has 1 atom stereocenters. The smallest absolute Gasteiger partial charge is 0.415 e. The molecule has 0 amide bonds. The SMILES string of the molecule is C=C/C=C1\C(C)C(C(F)(F)F)=C(C(=O)O)N1COCC[Si](C)(C)C. The van der Waals surface area contributed by atoms with Crippen LogP contribution in [0.2, 0.25) is 25.7 Å². The number of nitrogens with zero attached hydrogens (tertiary/aromatic N) is 1. The van der Waals surface area contributed by atoms with Crippen LogP contribution in [0.25, 0.3) is 0 Å². The second-order valence-electron chi connectivity index (χ2n) is 6.89. The van der Waals surface area contributed by atoms with E-state index in [1.807, 2.05) is 0 Å². The number of allylic oxidation sites excluding steroid dienone is 3. The predicted octanol–water partition coefficient (Wildman–Crippen LogP) is 4.22. The van der Waals surface area contributed by atoms with Crippen molar-refractivity contribution < 1.29 is 27.8 Å². The third-order valence-corrected chi connectivity index (χ3v) is 5.43. The second kappa shape index (κ2) is 7.56. The molecular weight excluding hydrogens is 339 g/mol. The van der Waals surface area contributed by atoms with Gasteiger partial charge in [0.1, 0.15) is 12.4 Å². The van der Waals surface area contributed by atoms with Gasteiger partial charge in [-0.1, -0.05) is 39.2 Å². The number of hydrogen-bond donors (Lipinski definition) is 1. The number of hydrogen-bond acceptors (Lipinski definition) is 3. The molecule has 1 aliphatic rings. The van der Waals surface area contributed by atoms with Gasteiger partial charge in [0.2, 0.25) is 0 Å². The molecule has 0 aromatic rings. The van der Waals surface area contributed by atoms with Crippen LogP contribution < -0.4 is 0 Å². The summed E-state index contributed by atoms with van der Waals surface area (Å²) in [7, 11) is -1.34. The molecule has 0 aromatic carbocycles. The molecule has 136 valence electrons. The number of carboxylic acid groups (broad SMARTS) is 1. The standard InChI is InChI=1S/C16H24F3NO3Si/c1-6-7-12-11(2)13(16(17,18)19)14(15(21)22)20(12)10-23-8-9-24(3,4)5/h6-7,11H,1,8-10H2,2-5H3,(H,21,22)/b12-7+. The van der Waals surface area contributed by atoms with Crippen LogP contribution in [0.1, 0.15) is 6.92 Å². The Hall–Kier alpha value is -1.54. The lowest BCUT2D eigenvalue weighted by Gasteiger charge is -2.24. The summed E-state index contributed by atoms with van der Waals surface area (Å²) < 4.78 is 45.4. The van der Waals surface area contributed by atoms with Gasteiger partial charge in [0.25, 0.3) is 0 Å². The Kier molecular flexibility index (Phi) is 6.46. The number of rotatable bonds is 7. The van der Waals surface area contributed by atoms with Crippen molar-refractivity contribution in [3.63, 3.8) is 0 Å². The average molecular weight is 363 g/mol. The zero-order valence-corrected chi connectivity index (χ0v) is 15.4. The summed E-state index contributed by atoms with van der Waals surface area (Å²) in [5.41, 5.74) is -1.60. The largest absolute Gasteiger partial charge is 0.477 e. The van der Waals surface area contributed by atoms with Crippen molar-refractivity contribution in [3.8, 4) is 0 Å². The van der Waals surface area contributed by atoms with Gasteiger partial charge in [0, 0.05) is 26.3 Å². The number of halogens is 3. The Morgan fingerprint density at radius 2 is 2.00 bits per heavy atom. The summed E-state index contributed by atoms with van der Waals surface area (Å²) in [5.74, 6) is -2.70. The van der Waals surface area contributed by atoms with Crippen LogP contribution >= 0.6 is 0 Å². The van der Waals surface area contributed by atoms with Gasteiger partial charge in [-0.25, -0.2) is 4.79 Å². The van der Waals surface area contributed by atoms with Gasteiger partial charge in [-0.2, -0.15) is 13.2 Å². The van der Waals surface area contributed by atoms with Gasteiger partial charge in [-0.05, 0) is 12.1 Å². The Balaban J connectivity index is 3.11. The summed E-state index contributed by atoms with van der Waals surface area (Å²) in [4.78, 5) is 12.5. The highest BCUT2D eigenvalue weighted by Gasteiger charge is 2.49. The molecule has 8 heteroatoms. The number of aliphatic carboxylic acids is 1. The molecule has 1 N–H and O–H groups in total. The van der Waals surface area contributed by atoms with Crippen LogP contribution in [0.3, 0.4) is 0 Å². The molecule has 0 spiro atoms. The highest BCUT2D eigenvalue weighted by molar-refractivity contribution is 6.76. The maximum absolute atomic E-state index is 13.3. The molecule has 1 rings (SSSR count). The summed E-state index contributed by atoms with van der Waals surface area (Å²) in [6, 6.07) is 0.842. The molecule has 1 aliphatic heterocycles. The first-order chi connectivity index (χ1) is 10.9. The Bertz CT molecular complexity index is 562. The van der Waals surface area contributed by atoms with Gasteiger partial charge < -0.3 is 14.7 Å². The van der Waals surface area contributed by atoms with E-state index in [1.165, 1.54) is 19.1 Å². The lowest BCUT2D eigenvalue weighted by Crippen LogP contribution is -2.29. The van der Waals surface area contributed by atoms with Crippen molar-refractivity contribution in [1.29, 1.82) is 0 Å². The van der Waals surface area contributed by atoms with Crippen LogP contribution in [0, 0.1) is 5.92 Å². The highest BCUT2D eigenvalue weighted by Crippen LogP contribution is 2.45. The van der Waals surface area contributed by atoms with E-state index in [1.54, 1.807) is 0 Å². The van der Waals surface area contributed by atoms with Crippen LogP contribution in [-0.2, 0) is 9.53 Å². The fourth-order valence-electron chi connectivity index (χ4n) is 2.50. The molecule has 24 heavy (non-hydrogen) atoms. The zero-order chi connectivity index (χ0) is 18.7. The summed E-state index contributed by atoms with van der Waals surface area (Å²) >= 11 is 0. The van der Waals surface area contributed by atoms with Crippen LogP contribution in [0.15, 0.2) is 35.7 Å². The van der Waals surface area contributed by atoms with E-state index in [0.29, 0.717) is 6.61 Å². The van der Waals surface area contributed by atoms with Crippen molar-refractivity contribution in [2.24, 2.45) is 5.92 Å². The fourth-order valence-corrected chi connectivity index (χ4v) is 3.26. The van der Waals surface area contributed by atoms with Crippen LogP contribution in [0.4, 0.5) is 13.2 Å². The quantitative estimate of drug-likeness (QED) is 0.543. The summed E-state index contributed by atoms with van der Waals surface area (Å²) in [6.45, 7) is 11.5. The van der Waals surface area contributed by atoms with Crippen molar-refractivity contribution in [2.45, 2.75) is 38.8 Å². The summed E-state index contributed by atoms with van der Waals surface area (Å²) in [6.07, 6.45) is -1.98. The normalized spacial score (nSPS) is 20.9. The third kappa shape index (κ3) is 4.97. The van der Waals surface area contributed by atoms with Crippen LogP contribution in [0.5, 0.6) is 0 Å². The monoisotopic (exact) mass is 363 g/mol. The average Bonchev–Trinajstić information content (AvgIpc) is 2.67. The first-order valence-electron chi connectivity index (χ1n) is 7.62. The second-order valence-corrected chi connectivity index (χ2v) is 12.5. The Morgan fingerprint density at radius 3 is 2.42 bits per heavy atom. The van der Waals surface area contributed by atoms with Crippen molar-refractivity contribution in [1.82, 2.24) is 4.90 Å². The maximum Gasteiger partial charge on any atom is 0.415 e. The van der Waals surface area contributed by atoms with Gasteiger partial charge in [0.15, 0.2) is 0 Å². The first kappa shape index (κ1) is 20.5. The van der Waals surface area contributed by atoms with E-state index in [-0.39, 0.29) is 12.4 Å². The molecule has 0 saturated carbocycles. The van der Waals surface area contributed by atoms with E-state index in [2.05, 4.69) is 26.2 Å². The zero-order valence-electron chi connectivity index (χ0n) is 14.4. The predicted molar refractivity (Wildman–Crippen MR) is 89.0 cm³/mol. The van der Waals surface area contributed by atoms with Crippen LogP contribution in [-0.4, -0.2) is 43.6 Å². The van der Waals surface area contributed by atoms with Crippen molar-refractivity contribution in [3.05, 3.63) is 35.7 Å². The molecule has 0 saturated heterocycles. The Morgan fingerprint density at radius 1 is 1.42 bits per heavy atom. The minimum Gasteiger partial charge on any atom is -0.477 e. The molecule has 0 aliphatic carbocycles. The molecule has 1 heterocycles. The number of carbonyl (C=O) groups is 1. The highest BCUT2D eigenvalue weighted by atomic mass is 28.3.